The summed E-state index contributed by atoms with van der Waals surface area (Å²) >= 11 is 0. The lowest BCUT2D eigenvalue weighted by molar-refractivity contribution is -0.127. The van der Waals surface area contributed by atoms with Crippen LogP contribution in [0.1, 0.15) is 26.7 Å². The first-order chi connectivity index (χ1) is 7.44. The molecule has 0 bridgehead atoms. The molecular formula is C11H22N2O3. The number of hydrogen-bond acceptors (Lipinski definition) is 4. The molecule has 0 spiro atoms. The lowest BCUT2D eigenvalue weighted by Crippen LogP contribution is -2.47. The van der Waals surface area contributed by atoms with Crippen LogP contribution in [0.25, 0.3) is 0 Å². The van der Waals surface area contributed by atoms with Crippen molar-refractivity contribution in [1.29, 1.82) is 0 Å². The molecule has 0 radical (unpaired) electrons. The average molecular weight is 230 g/mol. The van der Waals surface area contributed by atoms with Gasteiger partial charge in [-0.05, 0) is 33.2 Å². The number of carbonyl (C=O) groups excluding carboxylic acids is 1. The van der Waals surface area contributed by atoms with Crippen LogP contribution in [-0.2, 0) is 4.79 Å². The van der Waals surface area contributed by atoms with Crippen molar-refractivity contribution in [2.24, 2.45) is 5.92 Å². The molecule has 4 N–H and O–H groups in total. The Bertz CT molecular complexity index is 243. The number of nitrogens with one attached hydrogen (secondary N) is 2. The minimum Gasteiger partial charge on any atom is -0.393 e. The second-order valence-electron chi connectivity index (χ2n) is 4.95. The first-order valence-corrected chi connectivity index (χ1v) is 5.79. The minimum atomic E-state index is -1.23. The van der Waals surface area contributed by atoms with Crippen LogP contribution in [0.4, 0.5) is 0 Å². The molecule has 16 heavy (non-hydrogen) atoms. The maximum absolute atomic E-state index is 11.8. The van der Waals surface area contributed by atoms with Gasteiger partial charge in [0.25, 0.3) is 0 Å². The van der Waals surface area contributed by atoms with Gasteiger partial charge >= 0.3 is 0 Å². The van der Waals surface area contributed by atoms with Crippen LogP contribution in [-0.4, -0.2) is 47.5 Å². The molecule has 5 heteroatoms. The van der Waals surface area contributed by atoms with Crippen LogP contribution in [0.2, 0.25) is 0 Å². The van der Waals surface area contributed by atoms with E-state index in [1.165, 1.54) is 6.92 Å². The van der Waals surface area contributed by atoms with Gasteiger partial charge in [0, 0.05) is 18.5 Å². The topological polar surface area (TPSA) is 81.6 Å². The van der Waals surface area contributed by atoms with E-state index in [2.05, 4.69) is 17.6 Å². The second kappa shape index (κ2) is 5.61. The summed E-state index contributed by atoms with van der Waals surface area (Å²) in [5.41, 5.74) is -1.23. The van der Waals surface area contributed by atoms with Gasteiger partial charge < -0.3 is 20.8 Å². The Balaban J connectivity index is 2.34. The van der Waals surface area contributed by atoms with Gasteiger partial charge in [0.2, 0.25) is 5.91 Å². The van der Waals surface area contributed by atoms with Crippen molar-refractivity contribution in [3.05, 3.63) is 0 Å². The molecular weight excluding hydrogens is 208 g/mol. The number of aliphatic hydroxyl groups excluding tert-OH is 1. The van der Waals surface area contributed by atoms with E-state index < -0.39 is 5.60 Å². The Morgan fingerprint density at radius 2 is 2.31 bits per heavy atom. The predicted molar refractivity (Wildman–Crippen MR) is 60.9 cm³/mol. The normalized spacial score (nSPS) is 29.5. The molecule has 1 saturated heterocycles. The summed E-state index contributed by atoms with van der Waals surface area (Å²) in [5, 5.41) is 24.4. The fourth-order valence-electron chi connectivity index (χ4n) is 1.85. The Hall–Kier alpha value is -0.650. The number of carbonyl (C=O) groups is 1. The van der Waals surface area contributed by atoms with Gasteiger partial charge in [-0.2, -0.15) is 0 Å². The van der Waals surface area contributed by atoms with Crippen LogP contribution >= 0.6 is 0 Å². The van der Waals surface area contributed by atoms with Gasteiger partial charge in [0.05, 0.1) is 6.61 Å². The molecule has 1 aliphatic heterocycles. The summed E-state index contributed by atoms with van der Waals surface area (Å²) in [6.07, 6.45) is 1.66. The van der Waals surface area contributed by atoms with E-state index in [0.29, 0.717) is 6.04 Å². The molecule has 0 aromatic rings. The summed E-state index contributed by atoms with van der Waals surface area (Å²) < 4.78 is 0. The van der Waals surface area contributed by atoms with Gasteiger partial charge in [0.15, 0.2) is 0 Å². The van der Waals surface area contributed by atoms with E-state index in [-0.39, 0.29) is 25.0 Å². The molecule has 1 fully saturated rings. The van der Waals surface area contributed by atoms with E-state index >= 15 is 0 Å². The third-order valence-corrected chi connectivity index (χ3v) is 2.98. The van der Waals surface area contributed by atoms with Gasteiger partial charge in [-0.25, -0.2) is 0 Å². The van der Waals surface area contributed by atoms with Crippen molar-refractivity contribution in [2.45, 2.75) is 38.3 Å². The van der Waals surface area contributed by atoms with Gasteiger partial charge in [-0.15, -0.1) is 0 Å². The zero-order valence-corrected chi connectivity index (χ0v) is 9.99. The van der Waals surface area contributed by atoms with Crippen molar-refractivity contribution < 1.29 is 15.0 Å². The molecule has 94 valence electrons. The highest BCUT2D eigenvalue weighted by Crippen LogP contribution is 2.16. The maximum Gasteiger partial charge on any atom is 0.223 e. The Labute approximate surface area is 96.2 Å². The molecule has 0 aromatic carbocycles. The molecule has 3 atom stereocenters. The first kappa shape index (κ1) is 13.4. The van der Waals surface area contributed by atoms with Crippen LogP contribution < -0.4 is 10.6 Å². The molecule has 0 saturated carbocycles. The fraction of sp³-hybridized carbons (Fsp3) is 0.909. The van der Waals surface area contributed by atoms with Crippen molar-refractivity contribution in [3.8, 4) is 0 Å². The van der Waals surface area contributed by atoms with Crippen LogP contribution in [0.3, 0.4) is 0 Å². The molecule has 5 nitrogen and oxygen atoms in total. The zero-order valence-electron chi connectivity index (χ0n) is 9.99. The summed E-state index contributed by atoms with van der Waals surface area (Å²) in [7, 11) is 0. The first-order valence-electron chi connectivity index (χ1n) is 5.79. The van der Waals surface area contributed by atoms with Gasteiger partial charge in [0.1, 0.15) is 5.60 Å². The molecule has 1 amide bonds. The molecule has 1 heterocycles. The predicted octanol–water partition coefficient (Wildman–Crippen LogP) is -0.766. The summed E-state index contributed by atoms with van der Waals surface area (Å²) in [5.74, 6) is -0.00665. The quantitative estimate of drug-likeness (QED) is 0.511. The molecule has 0 aromatic heterocycles. The molecule has 1 aliphatic rings. The van der Waals surface area contributed by atoms with Crippen LogP contribution in [0.15, 0.2) is 0 Å². The minimum absolute atomic E-state index is 0.0192. The van der Waals surface area contributed by atoms with Crippen LogP contribution in [0, 0.1) is 5.92 Å². The number of hydrogen-bond donors (Lipinski definition) is 4. The average Bonchev–Trinajstić information content (AvgIpc) is 2.26. The van der Waals surface area contributed by atoms with Crippen LogP contribution in [0.5, 0.6) is 0 Å². The molecule has 3 unspecified atom stereocenters. The number of piperidine rings is 1. The smallest absolute Gasteiger partial charge is 0.223 e. The maximum atomic E-state index is 11.8. The standard InChI is InChI=1S/C11H22N2O3/c1-8-5-9(3-4-12-8)10(15)13-6-11(2,16)7-14/h8-9,12,14,16H,3-7H2,1-2H3,(H,13,15). The zero-order chi connectivity index (χ0) is 12.2. The van der Waals surface area contributed by atoms with E-state index in [1.54, 1.807) is 0 Å². The lowest BCUT2D eigenvalue weighted by atomic mass is 9.92. The second-order valence-corrected chi connectivity index (χ2v) is 4.95. The molecule has 1 rings (SSSR count). The van der Waals surface area contributed by atoms with E-state index in [9.17, 15) is 9.90 Å². The number of rotatable bonds is 4. The van der Waals surface area contributed by atoms with E-state index in [1.807, 2.05) is 0 Å². The van der Waals surface area contributed by atoms with Crippen molar-refractivity contribution in [1.82, 2.24) is 10.6 Å². The summed E-state index contributed by atoms with van der Waals surface area (Å²) in [4.78, 5) is 11.8. The Morgan fingerprint density at radius 3 is 2.88 bits per heavy atom. The van der Waals surface area contributed by atoms with Crippen molar-refractivity contribution in [3.63, 3.8) is 0 Å². The largest absolute Gasteiger partial charge is 0.393 e. The fourth-order valence-corrected chi connectivity index (χ4v) is 1.85. The third-order valence-electron chi connectivity index (χ3n) is 2.98. The highest BCUT2D eigenvalue weighted by Gasteiger charge is 2.26. The SMILES string of the molecule is CC1CC(C(=O)NCC(C)(O)CO)CCN1. The Kier molecular flexibility index (Phi) is 4.70. The lowest BCUT2D eigenvalue weighted by Gasteiger charge is -2.28. The van der Waals surface area contributed by atoms with Gasteiger partial charge in [-0.3, -0.25) is 4.79 Å². The third kappa shape index (κ3) is 4.08. The summed E-state index contributed by atoms with van der Waals surface area (Å²) in [6, 6.07) is 0.364. The highest BCUT2D eigenvalue weighted by molar-refractivity contribution is 5.78. The van der Waals surface area contributed by atoms with Crippen molar-refractivity contribution >= 4 is 5.91 Å². The highest BCUT2D eigenvalue weighted by atomic mass is 16.3. The summed E-state index contributed by atoms with van der Waals surface area (Å²) in [6.45, 7) is 4.16. The number of aliphatic hydroxyl groups is 2. The molecule has 0 aliphatic carbocycles. The number of amides is 1. The van der Waals surface area contributed by atoms with Gasteiger partial charge in [-0.1, -0.05) is 0 Å². The monoisotopic (exact) mass is 230 g/mol. The Morgan fingerprint density at radius 1 is 1.62 bits per heavy atom. The van der Waals surface area contributed by atoms with Crippen molar-refractivity contribution in [2.75, 3.05) is 19.7 Å². The van der Waals surface area contributed by atoms with E-state index in [0.717, 1.165) is 19.4 Å². The van der Waals surface area contributed by atoms with E-state index in [4.69, 9.17) is 5.11 Å².